The van der Waals surface area contributed by atoms with Crippen LogP contribution in [0.4, 0.5) is 0 Å². The zero-order chi connectivity index (χ0) is 26.6. The number of carbonyl (C=O) groups excluding carboxylic acids is 4. The highest BCUT2D eigenvalue weighted by molar-refractivity contribution is 6.39. The number of rotatable bonds is 7. The molecule has 1 aliphatic rings. The van der Waals surface area contributed by atoms with Crippen molar-refractivity contribution in [1.29, 1.82) is 0 Å². The van der Waals surface area contributed by atoms with Crippen LogP contribution in [0, 0.1) is 0 Å². The first-order valence-electron chi connectivity index (χ1n) is 10.7. The number of carbonyl (C=O) groups is 4. The van der Waals surface area contributed by atoms with Crippen molar-refractivity contribution < 1.29 is 47.6 Å². The summed E-state index contributed by atoms with van der Waals surface area (Å²) in [5, 5.41) is 0.778. The molecule has 13 heteroatoms. The van der Waals surface area contributed by atoms with Crippen LogP contribution in [0.25, 0.3) is 10.9 Å². The lowest BCUT2D eigenvalue weighted by atomic mass is 9.98. The Morgan fingerprint density at radius 1 is 0.889 bits per heavy atom. The second kappa shape index (κ2) is 11.7. The predicted octanol–water partition coefficient (Wildman–Crippen LogP) is 3.00. The van der Waals surface area contributed by atoms with Gasteiger partial charge in [0, 0.05) is 39.3 Å². The van der Waals surface area contributed by atoms with Gasteiger partial charge < -0.3 is 28.4 Å². The Morgan fingerprint density at radius 2 is 1.50 bits per heavy atom. The van der Waals surface area contributed by atoms with Crippen molar-refractivity contribution in [3.63, 3.8) is 0 Å². The summed E-state index contributed by atoms with van der Waals surface area (Å²) in [6.45, 7) is 4.16. The van der Waals surface area contributed by atoms with Crippen LogP contribution in [0.5, 0.6) is 5.75 Å². The number of pyridine rings is 1. The molecule has 0 spiro atoms. The molecular weight excluding hydrogens is 521 g/mol. The Hall–Kier alpha value is -3.15. The number of fused-ring (bicyclic) bond motifs is 1. The molecule has 0 saturated carbocycles. The average Bonchev–Trinajstić information content (AvgIpc) is 2.78. The molecule has 1 aliphatic heterocycles. The first-order valence-corrected chi connectivity index (χ1v) is 11.4. The van der Waals surface area contributed by atoms with Gasteiger partial charge in [0.15, 0.2) is 18.0 Å². The fourth-order valence-corrected chi connectivity index (χ4v) is 4.24. The summed E-state index contributed by atoms with van der Waals surface area (Å²) in [6, 6.07) is 4.70. The highest BCUT2D eigenvalue weighted by Crippen LogP contribution is 2.40. The largest absolute Gasteiger partial charge is 0.463 e. The fourth-order valence-electron chi connectivity index (χ4n) is 3.67. The molecule has 0 unspecified atom stereocenters. The van der Waals surface area contributed by atoms with E-state index < -0.39 is 61.2 Å². The Bertz CT molecular complexity index is 1170. The number of esters is 4. The number of hydrogen-bond acceptors (Lipinski definition) is 11. The van der Waals surface area contributed by atoms with E-state index in [1.54, 1.807) is 12.1 Å². The van der Waals surface area contributed by atoms with Gasteiger partial charge in [0.25, 0.3) is 0 Å². The minimum absolute atomic E-state index is 0.0880. The number of ether oxygens (including phenoxy) is 6. The molecule has 0 N–H and O–H groups in total. The van der Waals surface area contributed by atoms with Gasteiger partial charge in [-0.05, 0) is 18.2 Å². The summed E-state index contributed by atoms with van der Waals surface area (Å²) in [5.74, 6) is -2.82. The molecule has 0 radical (unpaired) electrons. The van der Waals surface area contributed by atoms with Crippen molar-refractivity contribution >= 4 is 58.0 Å². The van der Waals surface area contributed by atoms with Crippen LogP contribution in [0.2, 0.25) is 10.0 Å². The number of benzene rings is 1. The molecule has 0 amide bonds. The minimum Gasteiger partial charge on any atom is -0.463 e. The fraction of sp³-hybridized carbons (Fsp3) is 0.435. The van der Waals surface area contributed by atoms with Crippen LogP contribution in [-0.2, 0) is 42.9 Å². The van der Waals surface area contributed by atoms with Crippen LogP contribution < -0.4 is 4.74 Å². The van der Waals surface area contributed by atoms with Crippen LogP contribution in [-0.4, -0.2) is 66.2 Å². The lowest BCUT2D eigenvalue weighted by Crippen LogP contribution is -2.63. The van der Waals surface area contributed by atoms with Gasteiger partial charge in [-0.25, -0.2) is 0 Å². The first kappa shape index (κ1) is 27.4. The van der Waals surface area contributed by atoms with E-state index in [9.17, 15) is 19.2 Å². The summed E-state index contributed by atoms with van der Waals surface area (Å²) in [5.41, 5.74) is 0.379. The van der Waals surface area contributed by atoms with Gasteiger partial charge in [0.2, 0.25) is 12.4 Å². The van der Waals surface area contributed by atoms with E-state index in [1.165, 1.54) is 19.2 Å². The van der Waals surface area contributed by atoms with E-state index in [2.05, 4.69) is 4.98 Å². The normalized spacial score (nSPS) is 23.4. The van der Waals surface area contributed by atoms with Crippen molar-refractivity contribution in [2.75, 3.05) is 6.61 Å². The SMILES string of the molecule is CC(=O)OC[C@H]1O[C@@H](Oc2c(Cl)cc(Cl)c3ncccc23)[C@H](OC(C)=O)[C@@H](OC(C)=O)[C@@H]1OC(C)=O. The van der Waals surface area contributed by atoms with Gasteiger partial charge in [0.1, 0.15) is 12.7 Å². The lowest BCUT2D eigenvalue weighted by molar-refractivity contribution is -0.288. The second-order valence-electron chi connectivity index (χ2n) is 7.75. The third-order valence-corrected chi connectivity index (χ3v) is 5.50. The van der Waals surface area contributed by atoms with E-state index in [0.717, 1.165) is 20.8 Å². The monoisotopic (exact) mass is 543 g/mol. The average molecular weight is 544 g/mol. The second-order valence-corrected chi connectivity index (χ2v) is 8.57. The number of halogens is 2. The van der Waals surface area contributed by atoms with E-state index in [4.69, 9.17) is 51.6 Å². The van der Waals surface area contributed by atoms with Crippen LogP contribution in [0.3, 0.4) is 0 Å². The summed E-state index contributed by atoms with van der Waals surface area (Å²) >= 11 is 12.7. The van der Waals surface area contributed by atoms with Gasteiger partial charge in [-0.3, -0.25) is 24.2 Å². The molecule has 36 heavy (non-hydrogen) atoms. The van der Waals surface area contributed by atoms with Crippen LogP contribution in [0.1, 0.15) is 27.7 Å². The van der Waals surface area contributed by atoms with Crippen molar-refractivity contribution in [3.05, 3.63) is 34.4 Å². The molecule has 2 aromatic rings. The standard InChI is InChI=1S/C23H23Cl2NO10/c1-10(27)31-9-17-20(32-11(2)28)21(33-12(3)29)22(34-13(4)30)23(35-17)36-19-14-6-5-7-26-18(14)15(24)8-16(19)25/h5-8,17,20-23H,9H2,1-4H3/t17-,20-,21+,22-,23+/m1/s1. The maximum Gasteiger partial charge on any atom is 0.303 e. The summed E-state index contributed by atoms with van der Waals surface area (Å²) in [6.07, 6.45) is -5.20. The predicted molar refractivity (Wildman–Crippen MR) is 124 cm³/mol. The molecule has 1 saturated heterocycles. The first-order chi connectivity index (χ1) is 17.0. The van der Waals surface area contributed by atoms with Gasteiger partial charge in [-0.1, -0.05) is 23.2 Å². The Balaban J connectivity index is 2.10. The topological polar surface area (TPSA) is 137 Å². The third kappa shape index (κ3) is 6.54. The molecule has 0 bridgehead atoms. The summed E-state index contributed by atoms with van der Waals surface area (Å²) in [7, 11) is 0. The Kier molecular flexibility index (Phi) is 8.93. The van der Waals surface area contributed by atoms with Crippen LogP contribution >= 0.6 is 23.2 Å². The summed E-state index contributed by atoms with van der Waals surface area (Å²) < 4.78 is 33.2. The Labute approximate surface area is 215 Å². The highest BCUT2D eigenvalue weighted by atomic mass is 35.5. The molecule has 3 rings (SSSR count). The zero-order valence-corrected chi connectivity index (χ0v) is 21.2. The van der Waals surface area contributed by atoms with Crippen LogP contribution in [0.15, 0.2) is 24.4 Å². The van der Waals surface area contributed by atoms with Crippen molar-refractivity contribution in [3.8, 4) is 5.75 Å². The quantitative estimate of drug-likeness (QED) is 0.376. The maximum absolute atomic E-state index is 12.0. The van der Waals surface area contributed by atoms with Gasteiger partial charge >= 0.3 is 23.9 Å². The molecular formula is C23H23Cl2NO10. The molecule has 11 nitrogen and oxygen atoms in total. The molecule has 1 fully saturated rings. The third-order valence-electron chi connectivity index (χ3n) is 4.93. The Morgan fingerprint density at radius 3 is 2.11 bits per heavy atom. The van der Waals surface area contributed by atoms with Gasteiger partial charge in [-0.2, -0.15) is 0 Å². The highest BCUT2D eigenvalue weighted by Gasteiger charge is 2.53. The van der Waals surface area contributed by atoms with E-state index >= 15 is 0 Å². The lowest BCUT2D eigenvalue weighted by Gasteiger charge is -2.44. The smallest absolute Gasteiger partial charge is 0.303 e. The maximum atomic E-state index is 12.0. The minimum atomic E-state index is -1.45. The number of hydrogen-bond donors (Lipinski definition) is 0. The number of nitrogens with zero attached hydrogens (tertiary/aromatic N) is 1. The van der Waals surface area contributed by atoms with Crippen molar-refractivity contribution in [2.24, 2.45) is 0 Å². The molecule has 0 aliphatic carbocycles. The van der Waals surface area contributed by atoms with E-state index in [-0.39, 0.29) is 15.8 Å². The van der Waals surface area contributed by atoms with E-state index in [1.807, 2.05) is 0 Å². The van der Waals surface area contributed by atoms with Gasteiger partial charge in [0.05, 0.1) is 15.6 Å². The van der Waals surface area contributed by atoms with Gasteiger partial charge in [-0.15, -0.1) is 0 Å². The summed E-state index contributed by atoms with van der Waals surface area (Å²) in [4.78, 5) is 51.5. The molecule has 1 aromatic heterocycles. The van der Waals surface area contributed by atoms with Crippen molar-refractivity contribution in [2.45, 2.75) is 58.4 Å². The molecule has 1 aromatic carbocycles. The van der Waals surface area contributed by atoms with E-state index in [0.29, 0.717) is 10.9 Å². The number of aromatic nitrogens is 1. The molecule has 5 atom stereocenters. The zero-order valence-electron chi connectivity index (χ0n) is 19.7. The molecule has 194 valence electrons. The molecule has 2 heterocycles. The van der Waals surface area contributed by atoms with Crippen molar-refractivity contribution in [1.82, 2.24) is 4.98 Å².